The maximum atomic E-state index is 5.36. The number of nitrogens with zero attached hydrogens (tertiary/aromatic N) is 2. The van der Waals surface area contributed by atoms with Gasteiger partial charge in [-0.05, 0) is 17.7 Å². The van der Waals surface area contributed by atoms with Crippen LogP contribution in [0.15, 0.2) is 47.3 Å². The van der Waals surface area contributed by atoms with E-state index in [4.69, 9.17) is 4.42 Å². The van der Waals surface area contributed by atoms with Crippen molar-refractivity contribution in [3.05, 3.63) is 42.9 Å². The van der Waals surface area contributed by atoms with Crippen molar-refractivity contribution < 1.29 is 4.42 Å². The molecule has 0 aliphatic carbocycles. The lowest BCUT2D eigenvalue weighted by atomic mass is 10.1. The molecule has 3 nitrogen and oxygen atoms in total. The second kappa shape index (κ2) is 2.98. The lowest BCUT2D eigenvalue weighted by Crippen LogP contribution is -1.84. The summed E-state index contributed by atoms with van der Waals surface area (Å²) in [5.74, 6) is 0. The highest BCUT2D eigenvalue weighted by molar-refractivity contribution is 5.82. The first kappa shape index (κ1) is 8.29. The van der Waals surface area contributed by atoms with E-state index in [-0.39, 0.29) is 0 Å². The van der Waals surface area contributed by atoms with Crippen molar-refractivity contribution in [2.45, 2.75) is 0 Å². The van der Waals surface area contributed by atoms with E-state index in [1.807, 2.05) is 31.6 Å². The van der Waals surface area contributed by atoms with Crippen LogP contribution in [0, 0.1) is 0 Å². The molecule has 0 N–H and O–H groups in total. The third-order valence-corrected chi connectivity index (χ3v) is 2.49. The van der Waals surface area contributed by atoms with E-state index >= 15 is 0 Å². The summed E-state index contributed by atoms with van der Waals surface area (Å²) in [5.41, 5.74) is 3.15. The second-order valence-electron chi connectivity index (χ2n) is 3.58. The van der Waals surface area contributed by atoms with Gasteiger partial charge in [-0.25, -0.2) is 0 Å². The van der Waals surface area contributed by atoms with Gasteiger partial charge in [-0.2, -0.15) is 5.10 Å². The highest BCUT2D eigenvalue weighted by Crippen LogP contribution is 2.24. The molecule has 0 aliphatic heterocycles. The van der Waals surface area contributed by atoms with Crippen LogP contribution in [0.5, 0.6) is 0 Å². The zero-order chi connectivity index (χ0) is 10.3. The van der Waals surface area contributed by atoms with Gasteiger partial charge in [-0.15, -0.1) is 0 Å². The zero-order valence-electron chi connectivity index (χ0n) is 8.34. The van der Waals surface area contributed by atoms with E-state index < -0.39 is 0 Å². The molecule has 3 heteroatoms. The van der Waals surface area contributed by atoms with Crippen LogP contribution in [0.3, 0.4) is 0 Å². The predicted octanol–water partition coefficient (Wildman–Crippen LogP) is 2.83. The number of furan rings is 1. The number of hydrogen-bond acceptors (Lipinski definition) is 2. The standard InChI is InChI=1S/C12H10N2O/c1-14-8-11(7-13-14)10-3-2-9-4-5-15-12(9)6-10/h2-8H,1H3. The smallest absolute Gasteiger partial charge is 0.134 e. The minimum atomic E-state index is 0.913. The molecule has 0 bridgehead atoms. The molecule has 0 saturated carbocycles. The Balaban J connectivity index is 2.18. The van der Waals surface area contributed by atoms with Crippen molar-refractivity contribution in [3.8, 4) is 11.1 Å². The molecule has 3 rings (SSSR count). The summed E-state index contributed by atoms with van der Waals surface area (Å²) in [4.78, 5) is 0. The van der Waals surface area contributed by atoms with E-state index in [0.717, 1.165) is 22.1 Å². The van der Waals surface area contributed by atoms with Crippen LogP contribution in [-0.2, 0) is 7.05 Å². The molecule has 0 aliphatic rings. The van der Waals surface area contributed by atoms with E-state index in [1.165, 1.54) is 0 Å². The quantitative estimate of drug-likeness (QED) is 0.602. The lowest BCUT2D eigenvalue weighted by Gasteiger charge is -1.96. The van der Waals surface area contributed by atoms with Crippen LogP contribution in [-0.4, -0.2) is 9.78 Å². The molecule has 2 aromatic heterocycles. The fourth-order valence-electron chi connectivity index (χ4n) is 1.70. The maximum Gasteiger partial charge on any atom is 0.134 e. The average molecular weight is 198 g/mol. The molecule has 0 saturated heterocycles. The molecule has 0 unspecified atom stereocenters. The highest BCUT2D eigenvalue weighted by atomic mass is 16.3. The third-order valence-electron chi connectivity index (χ3n) is 2.49. The Kier molecular flexibility index (Phi) is 1.65. The summed E-state index contributed by atoms with van der Waals surface area (Å²) in [5, 5.41) is 5.27. The number of aryl methyl sites for hydroxylation is 1. The van der Waals surface area contributed by atoms with Gasteiger partial charge in [-0.3, -0.25) is 4.68 Å². The van der Waals surface area contributed by atoms with Crippen molar-refractivity contribution in [2.24, 2.45) is 7.05 Å². The first-order chi connectivity index (χ1) is 7.33. The largest absolute Gasteiger partial charge is 0.464 e. The number of fused-ring (bicyclic) bond motifs is 1. The summed E-state index contributed by atoms with van der Waals surface area (Å²) in [6, 6.07) is 8.13. The Morgan fingerprint density at radius 2 is 2.13 bits per heavy atom. The molecule has 0 amide bonds. The third kappa shape index (κ3) is 1.32. The Labute approximate surface area is 86.9 Å². The van der Waals surface area contributed by atoms with Crippen molar-refractivity contribution >= 4 is 11.0 Å². The SMILES string of the molecule is Cn1cc(-c2ccc3ccoc3c2)cn1. The molecular weight excluding hydrogens is 188 g/mol. The minimum absolute atomic E-state index is 0.913. The first-order valence-electron chi connectivity index (χ1n) is 4.79. The molecule has 15 heavy (non-hydrogen) atoms. The Bertz CT molecular complexity index is 607. The predicted molar refractivity (Wildman–Crippen MR) is 58.4 cm³/mol. The maximum absolute atomic E-state index is 5.36. The number of aromatic nitrogens is 2. The van der Waals surface area contributed by atoms with Crippen molar-refractivity contribution in [2.75, 3.05) is 0 Å². The van der Waals surface area contributed by atoms with E-state index in [9.17, 15) is 0 Å². The molecule has 0 atom stereocenters. The molecule has 2 heterocycles. The Morgan fingerprint density at radius 1 is 1.20 bits per heavy atom. The highest BCUT2D eigenvalue weighted by Gasteiger charge is 2.02. The number of benzene rings is 1. The van der Waals surface area contributed by atoms with Gasteiger partial charge in [0.25, 0.3) is 0 Å². The average Bonchev–Trinajstić information content (AvgIpc) is 2.84. The van der Waals surface area contributed by atoms with Gasteiger partial charge in [0, 0.05) is 24.2 Å². The van der Waals surface area contributed by atoms with E-state index in [1.54, 1.807) is 10.9 Å². The van der Waals surface area contributed by atoms with Crippen LogP contribution >= 0.6 is 0 Å². The van der Waals surface area contributed by atoms with Gasteiger partial charge in [0.2, 0.25) is 0 Å². The van der Waals surface area contributed by atoms with Crippen molar-refractivity contribution in [1.29, 1.82) is 0 Å². The Hall–Kier alpha value is -2.03. The molecule has 0 radical (unpaired) electrons. The summed E-state index contributed by atoms with van der Waals surface area (Å²) in [6.07, 6.45) is 5.55. The second-order valence-corrected chi connectivity index (χ2v) is 3.58. The van der Waals surface area contributed by atoms with Crippen molar-refractivity contribution in [1.82, 2.24) is 9.78 Å². The molecule has 3 aromatic rings. The molecule has 0 fully saturated rings. The Morgan fingerprint density at radius 3 is 2.93 bits per heavy atom. The summed E-state index contributed by atoms with van der Waals surface area (Å²) in [6.45, 7) is 0. The van der Waals surface area contributed by atoms with E-state index in [0.29, 0.717) is 0 Å². The van der Waals surface area contributed by atoms with E-state index in [2.05, 4.69) is 17.2 Å². The molecule has 0 spiro atoms. The van der Waals surface area contributed by atoms with Crippen LogP contribution in [0.1, 0.15) is 0 Å². The topological polar surface area (TPSA) is 31.0 Å². The van der Waals surface area contributed by atoms with Crippen LogP contribution < -0.4 is 0 Å². The van der Waals surface area contributed by atoms with Crippen LogP contribution in [0.2, 0.25) is 0 Å². The number of rotatable bonds is 1. The van der Waals surface area contributed by atoms with Crippen LogP contribution in [0.4, 0.5) is 0 Å². The molecular formula is C12H10N2O. The van der Waals surface area contributed by atoms with Gasteiger partial charge in [0.05, 0.1) is 12.5 Å². The normalized spacial score (nSPS) is 11.0. The fourth-order valence-corrected chi connectivity index (χ4v) is 1.70. The van der Waals surface area contributed by atoms with Gasteiger partial charge in [-0.1, -0.05) is 12.1 Å². The molecule has 1 aromatic carbocycles. The van der Waals surface area contributed by atoms with Gasteiger partial charge >= 0.3 is 0 Å². The minimum Gasteiger partial charge on any atom is -0.464 e. The monoisotopic (exact) mass is 198 g/mol. The summed E-state index contributed by atoms with van der Waals surface area (Å²) < 4.78 is 7.15. The molecule has 74 valence electrons. The van der Waals surface area contributed by atoms with Crippen molar-refractivity contribution in [3.63, 3.8) is 0 Å². The summed E-state index contributed by atoms with van der Waals surface area (Å²) in [7, 11) is 1.91. The zero-order valence-corrected chi connectivity index (χ0v) is 8.34. The van der Waals surface area contributed by atoms with Gasteiger partial charge in [0.15, 0.2) is 0 Å². The number of hydrogen-bond donors (Lipinski definition) is 0. The van der Waals surface area contributed by atoms with Gasteiger partial charge < -0.3 is 4.42 Å². The fraction of sp³-hybridized carbons (Fsp3) is 0.0833. The lowest BCUT2D eigenvalue weighted by molar-refractivity contribution is 0.616. The van der Waals surface area contributed by atoms with Gasteiger partial charge in [0.1, 0.15) is 5.58 Å². The van der Waals surface area contributed by atoms with Crippen LogP contribution in [0.25, 0.3) is 22.1 Å². The summed E-state index contributed by atoms with van der Waals surface area (Å²) >= 11 is 0. The first-order valence-corrected chi connectivity index (χ1v) is 4.79.